The number of nitro benzene ring substituents is 1. The Morgan fingerprint density at radius 3 is 2.43 bits per heavy atom. The highest BCUT2D eigenvalue weighted by atomic mass is 16.6. The Kier molecular flexibility index (Phi) is 6.92. The molecule has 0 heterocycles. The molecule has 0 aliphatic carbocycles. The summed E-state index contributed by atoms with van der Waals surface area (Å²) in [5.74, 6) is -1.62. The Balaban J connectivity index is 2.42. The molecule has 0 unspecified atom stereocenters. The lowest BCUT2D eigenvalue weighted by Crippen LogP contribution is -2.34. The minimum absolute atomic E-state index is 0.0691. The van der Waals surface area contributed by atoms with E-state index in [1.54, 1.807) is 6.92 Å². The summed E-state index contributed by atoms with van der Waals surface area (Å²) < 4.78 is 9.09. The normalized spacial score (nSPS) is 10.1. The molecule has 0 saturated heterocycles. The van der Waals surface area contributed by atoms with E-state index >= 15 is 0 Å². The second-order valence-corrected chi connectivity index (χ2v) is 4.06. The van der Waals surface area contributed by atoms with Crippen LogP contribution in [0.4, 0.5) is 10.5 Å². The van der Waals surface area contributed by atoms with Crippen LogP contribution >= 0.6 is 0 Å². The summed E-state index contributed by atoms with van der Waals surface area (Å²) in [6.07, 6.45) is 1.50. The fraction of sp³-hybridized carbons (Fsp3) is 0.214. The molecular formula is C14H14N2O7. The van der Waals surface area contributed by atoms with Gasteiger partial charge in [-0.2, -0.15) is 0 Å². The quantitative estimate of drug-likeness (QED) is 0.363. The van der Waals surface area contributed by atoms with E-state index in [0.717, 1.165) is 6.08 Å². The highest BCUT2D eigenvalue weighted by molar-refractivity contribution is 5.94. The molecule has 0 aliphatic heterocycles. The Morgan fingerprint density at radius 1 is 1.22 bits per heavy atom. The average Bonchev–Trinajstić information content (AvgIpc) is 2.51. The SMILES string of the molecule is CCOC(=O)NC(=O)COC(=O)/C=C/c1ccc([N+](=O)[O-])cc1. The van der Waals surface area contributed by atoms with Crippen LogP contribution in [-0.2, 0) is 19.1 Å². The summed E-state index contributed by atoms with van der Waals surface area (Å²) in [7, 11) is 0. The van der Waals surface area contributed by atoms with Crippen molar-refractivity contribution in [1.29, 1.82) is 0 Å². The number of alkyl carbamates (subject to hydrolysis) is 1. The third-order valence-corrected chi connectivity index (χ3v) is 2.38. The first-order valence-corrected chi connectivity index (χ1v) is 6.48. The molecule has 1 aromatic carbocycles. The van der Waals surface area contributed by atoms with Crippen molar-refractivity contribution in [3.63, 3.8) is 0 Å². The maximum atomic E-state index is 11.4. The number of imide groups is 1. The molecule has 23 heavy (non-hydrogen) atoms. The van der Waals surface area contributed by atoms with E-state index < -0.39 is 29.5 Å². The van der Waals surface area contributed by atoms with E-state index in [9.17, 15) is 24.5 Å². The zero-order chi connectivity index (χ0) is 17.2. The van der Waals surface area contributed by atoms with Gasteiger partial charge in [0.1, 0.15) is 0 Å². The number of rotatable bonds is 6. The van der Waals surface area contributed by atoms with E-state index in [1.807, 2.05) is 5.32 Å². The third kappa shape index (κ3) is 6.85. The van der Waals surface area contributed by atoms with Crippen LogP contribution < -0.4 is 5.32 Å². The molecule has 0 spiro atoms. The summed E-state index contributed by atoms with van der Waals surface area (Å²) in [5.41, 5.74) is 0.476. The minimum Gasteiger partial charge on any atom is -0.452 e. The first-order chi connectivity index (χ1) is 10.9. The molecule has 2 amide bonds. The van der Waals surface area contributed by atoms with Crippen LogP contribution in [0.25, 0.3) is 6.08 Å². The molecule has 1 aromatic rings. The van der Waals surface area contributed by atoms with Crippen molar-refractivity contribution in [1.82, 2.24) is 5.32 Å². The van der Waals surface area contributed by atoms with E-state index in [2.05, 4.69) is 9.47 Å². The molecule has 122 valence electrons. The molecule has 0 atom stereocenters. The number of carbonyl (C=O) groups excluding carboxylic acids is 3. The third-order valence-electron chi connectivity index (χ3n) is 2.38. The van der Waals surface area contributed by atoms with Gasteiger partial charge in [0.2, 0.25) is 0 Å². The monoisotopic (exact) mass is 322 g/mol. The minimum atomic E-state index is -0.921. The number of hydrogen-bond acceptors (Lipinski definition) is 7. The van der Waals surface area contributed by atoms with Crippen LogP contribution in [0, 0.1) is 10.1 Å². The molecule has 0 saturated carbocycles. The van der Waals surface area contributed by atoms with Gasteiger partial charge in [0.15, 0.2) is 6.61 Å². The van der Waals surface area contributed by atoms with Crippen LogP contribution in [0.3, 0.4) is 0 Å². The number of carbonyl (C=O) groups is 3. The van der Waals surface area contributed by atoms with Crippen molar-refractivity contribution >= 4 is 29.7 Å². The van der Waals surface area contributed by atoms with Gasteiger partial charge in [0, 0.05) is 18.2 Å². The van der Waals surface area contributed by atoms with Gasteiger partial charge in [0.25, 0.3) is 11.6 Å². The van der Waals surface area contributed by atoms with Crippen LogP contribution in [0.1, 0.15) is 12.5 Å². The second kappa shape index (κ2) is 8.93. The lowest BCUT2D eigenvalue weighted by atomic mass is 10.2. The van der Waals surface area contributed by atoms with Gasteiger partial charge in [-0.3, -0.25) is 20.2 Å². The molecule has 1 N–H and O–H groups in total. The molecule has 1 rings (SSSR count). The van der Waals surface area contributed by atoms with Crippen LogP contribution in [0.15, 0.2) is 30.3 Å². The van der Waals surface area contributed by atoms with Gasteiger partial charge in [-0.05, 0) is 30.7 Å². The molecule has 0 aromatic heterocycles. The smallest absolute Gasteiger partial charge is 0.413 e. The number of nitrogens with one attached hydrogen (secondary N) is 1. The van der Waals surface area contributed by atoms with Crippen molar-refractivity contribution < 1.29 is 28.8 Å². The summed E-state index contributed by atoms with van der Waals surface area (Å²) in [5, 5.41) is 12.3. The predicted molar refractivity (Wildman–Crippen MR) is 78.3 cm³/mol. The second-order valence-electron chi connectivity index (χ2n) is 4.06. The summed E-state index contributed by atoms with van der Waals surface area (Å²) in [6, 6.07) is 5.49. The molecule has 0 bridgehead atoms. The first kappa shape index (κ1) is 17.8. The fourth-order valence-electron chi connectivity index (χ4n) is 1.37. The Morgan fingerprint density at radius 2 is 1.87 bits per heavy atom. The van der Waals surface area contributed by atoms with Gasteiger partial charge in [-0.25, -0.2) is 9.59 Å². The largest absolute Gasteiger partial charge is 0.452 e. The number of esters is 1. The molecule has 9 heteroatoms. The highest BCUT2D eigenvalue weighted by Gasteiger charge is 2.10. The Hall–Kier alpha value is -3.23. The maximum Gasteiger partial charge on any atom is 0.413 e. The summed E-state index contributed by atoms with van der Waals surface area (Å²) >= 11 is 0. The van der Waals surface area contributed by atoms with Gasteiger partial charge in [-0.15, -0.1) is 0 Å². The van der Waals surface area contributed by atoms with Crippen LogP contribution in [-0.4, -0.2) is 36.1 Å². The summed E-state index contributed by atoms with van der Waals surface area (Å²) in [6.45, 7) is 1.05. The molecular weight excluding hydrogens is 308 g/mol. The number of ether oxygens (including phenoxy) is 2. The van der Waals surface area contributed by atoms with Crippen molar-refractivity contribution in [2.75, 3.05) is 13.2 Å². The number of hydrogen-bond donors (Lipinski definition) is 1. The van der Waals surface area contributed by atoms with E-state index in [1.165, 1.54) is 30.3 Å². The van der Waals surface area contributed by atoms with Gasteiger partial charge in [0.05, 0.1) is 11.5 Å². The van der Waals surface area contributed by atoms with Crippen molar-refractivity contribution in [2.45, 2.75) is 6.92 Å². The fourth-order valence-corrected chi connectivity index (χ4v) is 1.37. The van der Waals surface area contributed by atoms with Crippen LogP contribution in [0.5, 0.6) is 0 Å². The standard InChI is InChI=1S/C14H14N2O7/c1-2-22-14(19)15-12(17)9-23-13(18)8-5-10-3-6-11(7-4-10)16(20)21/h3-8H,2,9H2,1H3,(H,15,17,19)/b8-5+. The topological polar surface area (TPSA) is 125 Å². The van der Waals surface area contributed by atoms with E-state index in [0.29, 0.717) is 5.56 Å². The van der Waals surface area contributed by atoms with Crippen molar-refractivity contribution in [2.24, 2.45) is 0 Å². The molecule has 9 nitrogen and oxygen atoms in total. The van der Waals surface area contributed by atoms with E-state index in [4.69, 9.17) is 0 Å². The zero-order valence-electron chi connectivity index (χ0n) is 12.2. The number of nitrogens with zero attached hydrogens (tertiary/aromatic N) is 1. The lowest BCUT2D eigenvalue weighted by Gasteiger charge is -2.04. The highest BCUT2D eigenvalue weighted by Crippen LogP contribution is 2.12. The zero-order valence-corrected chi connectivity index (χ0v) is 12.2. The van der Waals surface area contributed by atoms with Crippen molar-refractivity contribution in [3.05, 3.63) is 46.0 Å². The average molecular weight is 322 g/mol. The van der Waals surface area contributed by atoms with E-state index in [-0.39, 0.29) is 12.3 Å². The number of nitro groups is 1. The lowest BCUT2D eigenvalue weighted by molar-refractivity contribution is -0.384. The molecule has 0 aliphatic rings. The number of amides is 2. The van der Waals surface area contributed by atoms with Crippen LogP contribution in [0.2, 0.25) is 0 Å². The van der Waals surface area contributed by atoms with Crippen molar-refractivity contribution in [3.8, 4) is 0 Å². The predicted octanol–water partition coefficient (Wildman–Crippen LogP) is 1.42. The summed E-state index contributed by atoms with van der Waals surface area (Å²) in [4.78, 5) is 43.5. The molecule has 0 fully saturated rings. The maximum absolute atomic E-state index is 11.4. The number of benzene rings is 1. The van der Waals surface area contributed by atoms with Gasteiger partial charge >= 0.3 is 12.1 Å². The Bertz CT molecular complexity index is 623. The van der Waals surface area contributed by atoms with Gasteiger partial charge < -0.3 is 9.47 Å². The molecule has 0 radical (unpaired) electrons. The Labute approximate surface area is 131 Å². The van der Waals surface area contributed by atoms with Gasteiger partial charge in [-0.1, -0.05) is 0 Å². The number of non-ortho nitro benzene ring substituents is 1. The first-order valence-electron chi connectivity index (χ1n) is 6.48.